The van der Waals surface area contributed by atoms with E-state index in [0.717, 1.165) is 36.5 Å². The number of likely N-dealkylation sites (tertiary alicyclic amines) is 1. The van der Waals surface area contributed by atoms with E-state index < -0.39 is 0 Å². The Morgan fingerprint density at radius 1 is 1.38 bits per heavy atom. The molecule has 0 N–H and O–H groups in total. The minimum Gasteiger partial charge on any atom is -0.481 e. The zero-order chi connectivity index (χ0) is 15.0. The number of hydrogen-bond acceptors (Lipinski definition) is 4. The number of fused-ring (bicyclic) bond motifs is 1. The van der Waals surface area contributed by atoms with Crippen LogP contribution in [-0.2, 0) is 5.88 Å². The van der Waals surface area contributed by atoms with Crippen molar-refractivity contribution < 1.29 is 4.74 Å². The van der Waals surface area contributed by atoms with Crippen LogP contribution in [-0.4, -0.2) is 46.7 Å². The van der Waals surface area contributed by atoms with Gasteiger partial charge in [0.25, 0.3) is 0 Å². The molecule has 2 unspecified atom stereocenters. The van der Waals surface area contributed by atoms with Crippen molar-refractivity contribution in [3.8, 4) is 5.88 Å². The van der Waals surface area contributed by atoms with Crippen LogP contribution >= 0.6 is 11.6 Å². The maximum atomic E-state index is 6.12. The van der Waals surface area contributed by atoms with E-state index in [2.05, 4.69) is 33.4 Å². The van der Waals surface area contributed by atoms with E-state index in [-0.39, 0.29) is 0 Å². The summed E-state index contributed by atoms with van der Waals surface area (Å²) in [6.07, 6.45) is 1.09. The summed E-state index contributed by atoms with van der Waals surface area (Å²) >= 11 is 6.12. The smallest absolute Gasteiger partial charge is 0.215 e. The number of rotatable bonds is 3. The van der Waals surface area contributed by atoms with E-state index in [1.165, 1.54) is 0 Å². The Labute approximate surface area is 129 Å². The molecule has 1 fully saturated rings. The van der Waals surface area contributed by atoms with Gasteiger partial charge in [0.05, 0.1) is 13.0 Å². The number of aromatic nitrogens is 3. The summed E-state index contributed by atoms with van der Waals surface area (Å²) in [5.74, 6) is 2.45. The number of pyridine rings is 1. The van der Waals surface area contributed by atoms with E-state index >= 15 is 0 Å². The first-order valence-corrected chi connectivity index (χ1v) is 7.84. The summed E-state index contributed by atoms with van der Waals surface area (Å²) in [5.41, 5.74) is 1.77. The third-order valence-electron chi connectivity index (χ3n) is 4.31. The van der Waals surface area contributed by atoms with Crippen molar-refractivity contribution in [3.63, 3.8) is 0 Å². The minimum absolute atomic E-state index is 0.388. The average molecular weight is 309 g/mol. The van der Waals surface area contributed by atoms with Gasteiger partial charge in [0.1, 0.15) is 11.3 Å². The summed E-state index contributed by atoms with van der Waals surface area (Å²) in [7, 11) is 3.80. The molecule has 2 aromatic heterocycles. The Bertz CT molecular complexity index is 642. The van der Waals surface area contributed by atoms with Crippen molar-refractivity contribution in [1.82, 2.24) is 19.4 Å². The lowest BCUT2D eigenvalue weighted by Gasteiger charge is -2.36. The van der Waals surface area contributed by atoms with Crippen molar-refractivity contribution >= 4 is 22.8 Å². The molecule has 114 valence electrons. The number of ether oxygens (including phenoxy) is 1. The van der Waals surface area contributed by atoms with E-state index in [0.29, 0.717) is 23.7 Å². The maximum Gasteiger partial charge on any atom is 0.215 e. The van der Waals surface area contributed by atoms with Crippen LogP contribution in [0.15, 0.2) is 12.1 Å². The molecule has 21 heavy (non-hydrogen) atoms. The molecule has 0 spiro atoms. The van der Waals surface area contributed by atoms with Crippen molar-refractivity contribution in [3.05, 3.63) is 18.0 Å². The highest BCUT2D eigenvalue weighted by atomic mass is 35.5. The predicted molar refractivity (Wildman–Crippen MR) is 84.0 cm³/mol. The summed E-state index contributed by atoms with van der Waals surface area (Å²) in [5, 5.41) is 0. The molecule has 2 atom stereocenters. The van der Waals surface area contributed by atoms with E-state index in [1.54, 1.807) is 7.11 Å². The summed E-state index contributed by atoms with van der Waals surface area (Å²) < 4.78 is 7.48. The number of imidazole rings is 1. The number of piperidine rings is 1. The number of hydrogen-bond donors (Lipinski definition) is 0. The molecular weight excluding hydrogens is 288 g/mol. The zero-order valence-electron chi connectivity index (χ0n) is 12.7. The fourth-order valence-electron chi connectivity index (χ4n) is 3.29. The minimum atomic E-state index is 0.388. The highest BCUT2D eigenvalue weighted by Gasteiger charge is 2.29. The summed E-state index contributed by atoms with van der Waals surface area (Å²) in [4.78, 5) is 11.6. The molecular formula is C15H21ClN4O. The van der Waals surface area contributed by atoms with Crippen molar-refractivity contribution in [2.75, 3.05) is 27.2 Å². The third kappa shape index (κ3) is 2.60. The standard InChI is InChI=1S/C15H21ClN4O/c1-10-9-19(2)7-6-12(10)20-13(8-16)17-11-4-5-14(21-3)18-15(11)20/h4-5,10,12H,6-9H2,1-3H3. The number of halogens is 1. The lowest BCUT2D eigenvalue weighted by atomic mass is 9.94. The van der Waals surface area contributed by atoms with Crippen LogP contribution in [0.2, 0.25) is 0 Å². The van der Waals surface area contributed by atoms with Gasteiger partial charge < -0.3 is 14.2 Å². The van der Waals surface area contributed by atoms with Gasteiger partial charge in [-0.2, -0.15) is 4.98 Å². The lowest BCUT2D eigenvalue weighted by Crippen LogP contribution is -2.38. The van der Waals surface area contributed by atoms with E-state index in [1.807, 2.05) is 12.1 Å². The van der Waals surface area contributed by atoms with Crippen LogP contribution in [0.1, 0.15) is 25.2 Å². The monoisotopic (exact) mass is 308 g/mol. The Morgan fingerprint density at radius 3 is 2.86 bits per heavy atom. The molecule has 1 saturated heterocycles. The highest BCUT2D eigenvalue weighted by Crippen LogP contribution is 2.32. The van der Waals surface area contributed by atoms with Gasteiger partial charge in [0.15, 0.2) is 5.65 Å². The first-order valence-electron chi connectivity index (χ1n) is 7.30. The SMILES string of the molecule is COc1ccc2nc(CCl)n(C3CCN(C)CC3C)c2n1. The molecule has 1 aliphatic rings. The van der Waals surface area contributed by atoms with Crippen LogP contribution in [0.4, 0.5) is 0 Å². The number of methoxy groups -OCH3 is 1. The maximum absolute atomic E-state index is 6.12. The molecule has 0 aliphatic carbocycles. The second-order valence-electron chi connectivity index (χ2n) is 5.82. The van der Waals surface area contributed by atoms with Crippen LogP contribution in [0.25, 0.3) is 11.2 Å². The topological polar surface area (TPSA) is 43.2 Å². The summed E-state index contributed by atoms with van der Waals surface area (Å²) in [6.45, 7) is 4.45. The second-order valence-corrected chi connectivity index (χ2v) is 6.09. The van der Waals surface area contributed by atoms with Crippen molar-refractivity contribution in [2.24, 2.45) is 5.92 Å². The molecule has 0 aromatic carbocycles. The lowest BCUT2D eigenvalue weighted by molar-refractivity contribution is 0.159. The van der Waals surface area contributed by atoms with Crippen LogP contribution < -0.4 is 4.74 Å². The molecule has 0 bridgehead atoms. The van der Waals surface area contributed by atoms with Crippen molar-refractivity contribution in [1.29, 1.82) is 0 Å². The van der Waals surface area contributed by atoms with Crippen LogP contribution in [0.5, 0.6) is 5.88 Å². The van der Waals surface area contributed by atoms with Crippen molar-refractivity contribution in [2.45, 2.75) is 25.3 Å². The molecule has 2 aromatic rings. The van der Waals surface area contributed by atoms with Gasteiger partial charge >= 0.3 is 0 Å². The fourth-order valence-corrected chi connectivity index (χ4v) is 3.47. The highest BCUT2D eigenvalue weighted by molar-refractivity contribution is 6.16. The zero-order valence-corrected chi connectivity index (χ0v) is 13.5. The molecule has 0 amide bonds. The Hall–Kier alpha value is -1.33. The number of alkyl halides is 1. The predicted octanol–water partition coefficient (Wildman–Crippen LogP) is 2.69. The summed E-state index contributed by atoms with van der Waals surface area (Å²) in [6, 6.07) is 4.18. The van der Waals surface area contributed by atoms with E-state index in [9.17, 15) is 0 Å². The largest absolute Gasteiger partial charge is 0.481 e. The molecule has 5 nitrogen and oxygen atoms in total. The molecule has 0 saturated carbocycles. The average Bonchev–Trinajstić information content (AvgIpc) is 2.84. The normalized spacial score (nSPS) is 23.6. The Morgan fingerprint density at radius 2 is 2.19 bits per heavy atom. The number of nitrogens with zero attached hydrogens (tertiary/aromatic N) is 4. The molecule has 1 aliphatic heterocycles. The molecule has 3 rings (SSSR count). The van der Waals surface area contributed by atoms with Crippen LogP contribution in [0, 0.1) is 5.92 Å². The van der Waals surface area contributed by atoms with Gasteiger partial charge in [-0.25, -0.2) is 4.98 Å². The fraction of sp³-hybridized carbons (Fsp3) is 0.600. The Kier molecular flexibility index (Phi) is 4.04. The van der Waals surface area contributed by atoms with Gasteiger partial charge in [-0.3, -0.25) is 0 Å². The quantitative estimate of drug-likeness (QED) is 0.818. The van der Waals surface area contributed by atoms with Crippen LogP contribution in [0.3, 0.4) is 0 Å². The van der Waals surface area contributed by atoms with Gasteiger partial charge in [-0.1, -0.05) is 6.92 Å². The molecule has 3 heterocycles. The van der Waals surface area contributed by atoms with Gasteiger partial charge in [0, 0.05) is 18.7 Å². The first-order chi connectivity index (χ1) is 10.1. The van der Waals surface area contributed by atoms with E-state index in [4.69, 9.17) is 16.3 Å². The second kappa shape index (κ2) is 5.81. The first kappa shape index (κ1) is 14.6. The van der Waals surface area contributed by atoms with Gasteiger partial charge in [0.2, 0.25) is 5.88 Å². The third-order valence-corrected chi connectivity index (χ3v) is 4.55. The Balaban J connectivity index is 2.10. The van der Waals surface area contributed by atoms with Gasteiger partial charge in [-0.15, -0.1) is 11.6 Å². The molecule has 6 heteroatoms. The molecule has 0 radical (unpaired) electrons. The van der Waals surface area contributed by atoms with Gasteiger partial charge in [-0.05, 0) is 32.0 Å².